The van der Waals surface area contributed by atoms with Crippen LogP contribution < -0.4 is 14.9 Å². The zero-order valence-electron chi connectivity index (χ0n) is 20.9. The lowest BCUT2D eigenvalue weighted by molar-refractivity contribution is -0.120. The van der Waals surface area contributed by atoms with Crippen LogP contribution in [-0.4, -0.2) is 52.5 Å². The molecule has 2 fully saturated rings. The molecule has 2 N–H and O–H groups in total. The first-order chi connectivity index (χ1) is 18.5. The average Bonchev–Trinajstić information content (AvgIpc) is 3.52. The molecule has 0 bridgehead atoms. The van der Waals surface area contributed by atoms with Crippen LogP contribution in [0.5, 0.6) is 0 Å². The molecule has 1 aliphatic carbocycles. The first-order valence-electron chi connectivity index (χ1n) is 12.8. The average molecular weight is 575 g/mol. The van der Waals surface area contributed by atoms with Gasteiger partial charge in [0.1, 0.15) is 11.7 Å². The van der Waals surface area contributed by atoms with Crippen molar-refractivity contribution in [1.82, 2.24) is 4.31 Å². The molecule has 39 heavy (non-hydrogen) atoms. The molecule has 1 amide bonds. The highest BCUT2D eigenvalue weighted by atomic mass is 32.2. The van der Waals surface area contributed by atoms with Gasteiger partial charge in [0.2, 0.25) is 15.7 Å². The van der Waals surface area contributed by atoms with Crippen molar-refractivity contribution in [1.29, 1.82) is 0 Å². The van der Waals surface area contributed by atoms with E-state index in [0.717, 1.165) is 43.6 Å². The number of sulfone groups is 1. The van der Waals surface area contributed by atoms with Crippen LogP contribution in [0.1, 0.15) is 42.5 Å². The van der Waals surface area contributed by atoms with Crippen molar-refractivity contribution in [2.24, 2.45) is 11.8 Å². The Morgan fingerprint density at radius 1 is 1.05 bits per heavy atom. The summed E-state index contributed by atoms with van der Waals surface area (Å²) in [6.07, 6.45) is 4.37. The minimum absolute atomic E-state index is 0.0213. The first kappa shape index (κ1) is 26.0. The van der Waals surface area contributed by atoms with Gasteiger partial charge >= 0.3 is 10.2 Å². The fourth-order valence-corrected chi connectivity index (χ4v) is 7.99. The third-order valence-electron chi connectivity index (χ3n) is 7.56. The van der Waals surface area contributed by atoms with Gasteiger partial charge in [-0.25, -0.2) is 12.8 Å². The molecular formula is C26H27FN4O6S2. The number of hydrogen-bond acceptors (Lipinski definition) is 7. The van der Waals surface area contributed by atoms with Crippen LogP contribution in [-0.2, 0) is 24.8 Å². The van der Waals surface area contributed by atoms with E-state index in [0.29, 0.717) is 31.2 Å². The lowest BCUT2D eigenvalue weighted by atomic mass is 9.87. The third-order valence-corrected chi connectivity index (χ3v) is 10.6. The lowest BCUT2D eigenvalue weighted by Gasteiger charge is -2.35. The Hall–Kier alpha value is -3.29. The number of nitrogens with zero attached hydrogens (tertiary/aromatic N) is 2. The Labute approximate surface area is 226 Å². The second-order valence-electron chi connectivity index (χ2n) is 10.3. The summed E-state index contributed by atoms with van der Waals surface area (Å²) in [4.78, 5) is 28.3. The second kappa shape index (κ2) is 9.42. The quantitative estimate of drug-likeness (QED) is 0.485. The highest BCUT2D eigenvalue weighted by Crippen LogP contribution is 2.40. The van der Waals surface area contributed by atoms with Crippen molar-refractivity contribution in [3.63, 3.8) is 0 Å². The number of rotatable bonds is 7. The molecule has 13 heteroatoms. The van der Waals surface area contributed by atoms with E-state index in [1.165, 1.54) is 39.5 Å². The number of Topliss-reactive ketones (excluding diaryl/α,β-unsaturated/α-hetero) is 1. The maximum Gasteiger partial charge on any atom is 0.301 e. The topological polar surface area (TPSA) is 133 Å². The van der Waals surface area contributed by atoms with Crippen molar-refractivity contribution in [2.45, 2.75) is 37.0 Å². The number of amides is 1. The smallest absolute Gasteiger partial charge is 0.301 e. The fraction of sp³-hybridized carbons (Fsp3) is 0.385. The largest absolute Gasteiger partial charge is 0.356 e. The minimum atomic E-state index is -4.17. The number of halogens is 1. The standard InChI is InChI=1S/C26H27FN4O6S2/c27-17-5-8-22-19(13-17)25(32)24(26(33)31(22)12-9-16-3-4-16)21-15-38(34,35)23-14-18(6-7-20(23)28-21)29-39(36,37)30-10-1-2-11-30/h5-8,13-16,24,28-29H,1-4,9-12H2. The maximum atomic E-state index is 14.1. The molecule has 3 aliphatic heterocycles. The van der Waals surface area contributed by atoms with Crippen LogP contribution in [0.25, 0.3) is 0 Å². The Bertz CT molecular complexity index is 1630. The van der Waals surface area contributed by atoms with Gasteiger partial charge in [-0.05, 0) is 61.6 Å². The first-order valence-corrected chi connectivity index (χ1v) is 15.8. The van der Waals surface area contributed by atoms with Crippen molar-refractivity contribution < 1.29 is 30.8 Å². The summed E-state index contributed by atoms with van der Waals surface area (Å²) >= 11 is 0. The SMILES string of the molecule is O=C1c2cc(F)ccc2N(CCC2CC2)C(=O)C1C1=CS(=O)(=O)c2cc(NS(=O)(=O)N3CCCC3)ccc2N1. The summed E-state index contributed by atoms with van der Waals surface area (Å²) < 4.78 is 69.8. The van der Waals surface area contributed by atoms with E-state index < -0.39 is 43.5 Å². The molecule has 1 atom stereocenters. The molecule has 10 nitrogen and oxygen atoms in total. The molecular weight excluding hydrogens is 547 g/mol. The Morgan fingerprint density at radius 2 is 1.79 bits per heavy atom. The van der Waals surface area contributed by atoms with Gasteiger partial charge in [-0.1, -0.05) is 12.8 Å². The van der Waals surface area contributed by atoms with Crippen LogP contribution >= 0.6 is 0 Å². The molecule has 2 aromatic carbocycles. The van der Waals surface area contributed by atoms with E-state index in [-0.39, 0.29) is 27.5 Å². The second-order valence-corrected chi connectivity index (χ2v) is 13.8. The molecule has 6 rings (SSSR count). The molecule has 206 valence electrons. The Balaban J connectivity index is 1.32. The summed E-state index contributed by atoms with van der Waals surface area (Å²) in [5, 5.41) is 3.73. The van der Waals surface area contributed by atoms with Gasteiger partial charge < -0.3 is 10.2 Å². The van der Waals surface area contributed by atoms with Gasteiger partial charge in [-0.15, -0.1) is 0 Å². The fourth-order valence-electron chi connectivity index (χ4n) is 5.33. The lowest BCUT2D eigenvalue weighted by Crippen LogP contribution is -2.47. The maximum absolute atomic E-state index is 14.1. The molecule has 1 saturated carbocycles. The van der Waals surface area contributed by atoms with E-state index in [4.69, 9.17) is 0 Å². The normalized spacial score (nSPS) is 22.6. The van der Waals surface area contributed by atoms with E-state index in [1.54, 1.807) is 0 Å². The molecule has 2 aromatic rings. The van der Waals surface area contributed by atoms with Crippen LogP contribution in [0.15, 0.2) is 52.4 Å². The van der Waals surface area contributed by atoms with Gasteiger partial charge in [0.05, 0.1) is 27.4 Å². The molecule has 0 aromatic heterocycles. The molecule has 1 saturated heterocycles. The Kier molecular flexibility index (Phi) is 6.27. The number of carbonyl (C=O) groups is 2. The zero-order chi connectivity index (χ0) is 27.5. The van der Waals surface area contributed by atoms with Crippen LogP contribution in [0.3, 0.4) is 0 Å². The summed E-state index contributed by atoms with van der Waals surface area (Å²) in [6.45, 7) is 1.11. The third kappa shape index (κ3) is 4.83. The number of fused-ring (bicyclic) bond motifs is 2. The van der Waals surface area contributed by atoms with Gasteiger partial charge in [-0.2, -0.15) is 12.7 Å². The molecule has 0 radical (unpaired) electrons. The predicted molar refractivity (Wildman–Crippen MR) is 143 cm³/mol. The zero-order valence-corrected chi connectivity index (χ0v) is 22.5. The summed E-state index contributed by atoms with van der Waals surface area (Å²) in [5.41, 5.74) is 0.384. The number of ketones is 1. The van der Waals surface area contributed by atoms with Gasteiger partial charge in [-0.3, -0.25) is 14.3 Å². The Morgan fingerprint density at radius 3 is 2.51 bits per heavy atom. The molecule has 0 spiro atoms. The predicted octanol–water partition coefficient (Wildman–Crippen LogP) is 3.26. The van der Waals surface area contributed by atoms with E-state index >= 15 is 0 Å². The number of benzene rings is 2. The highest BCUT2D eigenvalue weighted by Gasteiger charge is 2.44. The molecule has 3 heterocycles. The highest BCUT2D eigenvalue weighted by molar-refractivity contribution is 7.94. The molecule has 4 aliphatic rings. The van der Waals surface area contributed by atoms with Crippen LogP contribution in [0.2, 0.25) is 0 Å². The number of anilines is 3. The van der Waals surface area contributed by atoms with E-state index in [2.05, 4.69) is 10.0 Å². The number of carbonyl (C=O) groups excluding carboxylic acids is 2. The number of nitrogens with one attached hydrogen (secondary N) is 2. The summed E-state index contributed by atoms with van der Waals surface area (Å²) in [6, 6.07) is 7.68. The number of hydrogen-bond donors (Lipinski definition) is 2. The van der Waals surface area contributed by atoms with Crippen molar-refractivity contribution in [2.75, 3.05) is 34.6 Å². The van der Waals surface area contributed by atoms with Gasteiger partial charge in [0.25, 0.3) is 0 Å². The van der Waals surface area contributed by atoms with E-state index in [9.17, 15) is 30.8 Å². The van der Waals surface area contributed by atoms with Gasteiger partial charge in [0, 0.05) is 30.9 Å². The van der Waals surface area contributed by atoms with Crippen LogP contribution in [0.4, 0.5) is 21.5 Å². The summed E-state index contributed by atoms with van der Waals surface area (Å²) in [7, 11) is -8.01. The minimum Gasteiger partial charge on any atom is -0.356 e. The van der Waals surface area contributed by atoms with Crippen molar-refractivity contribution in [3.8, 4) is 0 Å². The van der Waals surface area contributed by atoms with Crippen LogP contribution in [0, 0.1) is 17.7 Å². The monoisotopic (exact) mass is 574 g/mol. The summed E-state index contributed by atoms with van der Waals surface area (Å²) in [5.74, 6) is -2.90. The van der Waals surface area contributed by atoms with E-state index in [1.807, 2.05) is 0 Å². The molecule has 1 unspecified atom stereocenters. The van der Waals surface area contributed by atoms with Gasteiger partial charge in [0.15, 0.2) is 5.78 Å². The van der Waals surface area contributed by atoms with Crippen molar-refractivity contribution in [3.05, 3.63) is 58.9 Å². The van der Waals surface area contributed by atoms with Crippen molar-refractivity contribution >= 4 is 48.8 Å².